The summed E-state index contributed by atoms with van der Waals surface area (Å²) in [5.74, 6) is 1.02. The predicted octanol–water partition coefficient (Wildman–Crippen LogP) is 3.58. The van der Waals surface area contributed by atoms with Crippen LogP contribution in [0, 0.1) is 19.3 Å². The third-order valence-corrected chi connectivity index (χ3v) is 2.85. The molecular weight excluding hydrogens is 210 g/mol. The highest BCUT2D eigenvalue weighted by Crippen LogP contribution is 2.26. The first-order chi connectivity index (χ1) is 7.83. The lowest BCUT2D eigenvalue weighted by Gasteiger charge is -2.20. The van der Waals surface area contributed by atoms with Crippen molar-refractivity contribution in [3.63, 3.8) is 0 Å². The molecule has 0 bridgehead atoms. The highest BCUT2D eigenvalue weighted by molar-refractivity contribution is 5.43. The monoisotopic (exact) mass is 235 g/mol. The lowest BCUT2D eigenvalue weighted by molar-refractivity contribution is 0.241. The van der Waals surface area contributed by atoms with E-state index < -0.39 is 0 Å². The summed E-state index contributed by atoms with van der Waals surface area (Å²) in [6.07, 6.45) is 1.06. The van der Waals surface area contributed by atoms with Gasteiger partial charge in [-0.15, -0.1) is 0 Å². The van der Waals surface area contributed by atoms with Crippen molar-refractivity contribution < 1.29 is 4.74 Å². The Hall–Kier alpha value is -1.02. The van der Waals surface area contributed by atoms with E-state index in [4.69, 9.17) is 10.5 Å². The van der Waals surface area contributed by atoms with Gasteiger partial charge in [0.05, 0.1) is 6.61 Å². The van der Waals surface area contributed by atoms with Crippen LogP contribution in [0.15, 0.2) is 12.1 Å². The molecule has 96 valence electrons. The fourth-order valence-electron chi connectivity index (χ4n) is 1.84. The Morgan fingerprint density at radius 3 is 2.06 bits per heavy atom. The number of hydrogen-bond acceptors (Lipinski definition) is 2. The van der Waals surface area contributed by atoms with Crippen LogP contribution in [0.4, 0.5) is 0 Å². The molecule has 0 aromatic heterocycles. The van der Waals surface area contributed by atoms with Gasteiger partial charge in [0.2, 0.25) is 0 Å². The summed E-state index contributed by atoms with van der Waals surface area (Å²) >= 11 is 0. The Kier molecular flexibility index (Phi) is 4.58. The van der Waals surface area contributed by atoms with E-state index in [-0.39, 0.29) is 0 Å². The lowest BCUT2D eigenvalue weighted by Crippen LogP contribution is -2.12. The Morgan fingerprint density at radius 2 is 1.65 bits per heavy atom. The minimum Gasteiger partial charge on any atom is -0.493 e. The molecule has 17 heavy (non-hydrogen) atoms. The summed E-state index contributed by atoms with van der Waals surface area (Å²) in [5.41, 5.74) is 9.50. The molecule has 1 rings (SSSR count). The zero-order valence-electron chi connectivity index (χ0n) is 11.8. The average Bonchev–Trinajstić information content (AvgIpc) is 2.20. The van der Waals surface area contributed by atoms with Crippen LogP contribution in [0.1, 0.15) is 43.9 Å². The molecule has 0 spiro atoms. The predicted molar refractivity (Wildman–Crippen MR) is 73.4 cm³/mol. The standard InChI is InChI=1S/C15H25NO/c1-11-8-13(10-16)9-12(2)14(11)17-7-6-15(3,4)5/h8-9H,6-7,10,16H2,1-5H3. The lowest BCUT2D eigenvalue weighted by atomic mass is 9.93. The average molecular weight is 235 g/mol. The van der Waals surface area contributed by atoms with Crippen molar-refractivity contribution >= 4 is 0 Å². The molecule has 0 radical (unpaired) electrons. The maximum absolute atomic E-state index is 5.90. The van der Waals surface area contributed by atoms with Gasteiger partial charge in [0.1, 0.15) is 5.75 Å². The van der Waals surface area contributed by atoms with E-state index in [0.717, 1.165) is 18.8 Å². The van der Waals surface area contributed by atoms with Gasteiger partial charge in [-0.1, -0.05) is 32.9 Å². The van der Waals surface area contributed by atoms with E-state index in [0.29, 0.717) is 12.0 Å². The number of nitrogens with two attached hydrogens (primary N) is 1. The SMILES string of the molecule is Cc1cc(CN)cc(C)c1OCCC(C)(C)C. The van der Waals surface area contributed by atoms with Crippen LogP contribution in [0.2, 0.25) is 0 Å². The first-order valence-corrected chi connectivity index (χ1v) is 6.26. The van der Waals surface area contributed by atoms with Gasteiger partial charge in [-0.2, -0.15) is 0 Å². The summed E-state index contributed by atoms with van der Waals surface area (Å²) < 4.78 is 5.90. The molecular formula is C15H25NO. The smallest absolute Gasteiger partial charge is 0.125 e. The Morgan fingerprint density at radius 1 is 1.12 bits per heavy atom. The molecule has 0 atom stereocenters. The van der Waals surface area contributed by atoms with Crippen LogP contribution in [0.5, 0.6) is 5.75 Å². The van der Waals surface area contributed by atoms with E-state index in [9.17, 15) is 0 Å². The quantitative estimate of drug-likeness (QED) is 0.865. The number of benzene rings is 1. The molecule has 0 amide bonds. The van der Waals surface area contributed by atoms with Gasteiger partial charge in [-0.05, 0) is 42.4 Å². The van der Waals surface area contributed by atoms with E-state index in [1.165, 1.54) is 16.7 Å². The van der Waals surface area contributed by atoms with Gasteiger partial charge in [0, 0.05) is 6.54 Å². The largest absolute Gasteiger partial charge is 0.493 e. The van der Waals surface area contributed by atoms with Crippen molar-refractivity contribution in [1.29, 1.82) is 0 Å². The Balaban J connectivity index is 2.72. The molecule has 0 aliphatic heterocycles. The fourth-order valence-corrected chi connectivity index (χ4v) is 1.84. The second-order valence-corrected chi connectivity index (χ2v) is 5.92. The molecule has 0 saturated carbocycles. The number of ether oxygens (including phenoxy) is 1. The number of aryl methyl sites for hydroxylation is 2. The highest BCUT2D eigenvalue weighted by Gasteiger charge is 2.11. The normalized spacial score (nSPS) is 11.6. The number of rotatable bonds is 4. The van der Waals surface area contributed by atoms with Crippen LogP contribution in [-0.4, -0.2) is 6.61 Å². The summed E-state index contributed by atoms with van der Waals surface area (Å²) in [6.45, 7) is 12.2. The van der Waals surface area contributed by atoms with Crippen LogP contribution in [0.3, 0.4) is 0 Å². The van der Waals surface area contributed by atoms with Crippen LogP contribution in [0.25, 0.3) is 0 Å². The highest BCUT2D eigenvalue weighted by atomic mass is 16.5. The van der Waals surface area contributed by atoms with E-state index in [1.54, 1.807) is 0 Å². The third-order valence-electron chi connectivity index (χ3n) is 2.85. The van der Waals surface area contributed by atoms with Crippen molar-refractivity contribution in [3.8, 4) is 5.75 Å². The van der Waals surface area contributed by atoms with Crippen molar-refractivity contribution in [2.45, 2.75) is 47.6 Å². The van der Waals surface area contributed by atoms with E-state index in [1.807, 2.05) is 0 Å². The minimum atomic E-state index is 0.318. The first kappa shape index (κ1) is 14.0. The summed E-state index contributed by atoms with van der Waals surface area (Å²) in [4.78, 5) is 0. The van der Waals surface area contributed by atoms with Crippen LogP contribution in [-0.2, 0) is 6.54 Å². The molecule has 0 heterocycles. The zero-order chi connectivity index (χ0) is 13.1. The van der Waals surface area contributed by atoms with Gasteiger partial charge in [0.25, 0.3) is 0 Å². The fraction of sp³-hybridized carbons (Fsp3) is 0.600. The Labute approximate surface area is 105 Å². The van der Waals surface area contributed by atoms with Crippen molar-refractivity contribution in [1.82, 2.24) is 0 Å². The molecule has 2 N–H and O–H groups in total. The van der Waals surface area contributed by atoms with Gasteiger partial charge in [-0.3, -0.25) is 0 Å². The van der Waals surface area contributed by atoms with Gasteiger partial charge >= 0.3 is 0 Å². The molecule has 2 nitrogen and oxygen atoms in total. The topological polar surface area (TPSA) is 35.2 Å². The van der Waals surface area contributed by atoms with Gasteiger partial charge in [0.15, 0.2) is 0 Å². The maximum atomic E-state index is 5.90. The van der Waals surface area contributed by atoms with Gasteiger partial charge < -0.3 is 10.5 Å². The molecule has 0 unspecified atom stereocenters. The third kappa shape index (κ3) is 4.39. The van der Waals surface area contributed by atoms with Crippen LogP contribution >= 0.6 is 0 Å². The summed E-state index contributed by atoms with van der Waals surface area (Å²) in [6, 6.07) is 4.22. The van der Waals surface area contributed by atoms with Crippen molar-refractivity contribution in [3.05, 3.63) is 28.8 Å². The molecule has 1 aromatic carbocycles. The molecule has 0 saturated heterocycles. The summed E-state index contributed by atoms with van der Waals surface area (Å²) in [7, 11) is 0. The molecule has 2 heteroatoms. The Bertz CT molecular complexity index is 354. The first-order valence-electron chi connectivity index (χ1n) is 6.26. The van der Waals surface area contributed by atoms with Crippen molar-refractivity contribution in [2.75, 3.05) is 6.61 Å². The minimum absolute atomic E-state index is 0.318. The second-order valence-electron chi connectivity index (χ2n) is 5.92. The zero-order valence-corrected chi connectivity index (χ0v) is 11.8. The maximum Gasteiger partial charge on any atom is 0.125 e. The van der Waals surface area contributed by atoms with E-state index in [2.05, 4.69) is 46.8 Å². The van der Waals surface area contributed by atoms with Crippen molar-refractivity contribution in [2.24, 2.45) is 11.1 Å². The molecule has 1 aromatic rings. The van der Waals surface area contributed by atoms with E-state index >= 15 is 0 Å². The summed E-state index contributed by atoms with van der Waals surface area (Å²) in [5, 5.41) is 0. The van der Waals surface area contributed by atoms with Gasteiger partial charge in [-0.25, -0.2) is 0 Å². The second kappa shape index (κ2) is 5.54. The molecule has 0 aliphatic carbocycles. The van der Waals surface area contributed by atoms with Crippen LogP contribution < -0.4 is 10.5 Å². The number of hydrogen-bond donors (Lipinski definition) is 1. The molecule has 0 aliphatic rings. The molecule has 0 fully saturated rings.